The Morgan fingerprint density at radius 1 is 0.443 bits per heavy atom. The minimum atomic E-state index is -1.74. The smallest absolute Gasteiger partial charge is 0.217 e. The topological polar surface area (TPSA) is 514 Å². The summed E-state index contributed by atoms with van der Waals surface area (Å²) in [4.78, 5) is 12.4. The zero-order valence-corrected chi connectivity index (χ0v) is 38.5. The molecule has 6 saturated heterocycles. The predicted octanol–water partition coefficient (Wildman–Crippen LogP) is -12.2. The molecule has 0 aromatic heterocycles. The van der Waals surface area contributed by atoms with Gasteiger partial charge in [-0.1, -0.05) is 6.92 Å². The molecule has 1 amide bonds. The summed E-state index contributed by atoms with van der Waals surface area (Å²) >= 11 is 0. The Hall–Kier alpha value is -1.65. The maximum absolute atomic E-state index is 12.4. The summed E-state index contributed by atoms with van der Waals surface area (Å²) in [6, 6.07) is -8.29. The first kappa shape index (κ1) is 57.6. The lowest BCUT2D eigenvalue weighted by Crippen LogP contribution is -2.70. The van der Waals surface area contributed by atoms with Crippen LogP contribution in [-0.4, -0.2) is 283 Å². The van der Waals surface area contributed by atoms with Crippen LogP contribution < -0.4 is 34.0 Å². The van der Waals surface area contributed by atoms with Crippen LogP contribution in [0.2, 0.25) is 0 Å². The Morgan fingerprint density at radius 2 is 0.814 bits per heavy atom. The van der Waals surface area contributed by atoms with Crippen LogP contribution in [0.3, 0.4) is 0 Å². The van der Waals surface area contributed by atoms with Crippen LogP contribution in [0.5, 0.6) is 0 Å². The van der Waals surface area contributed by atoms with Gasteiger partial charge in [0.25, 0.3) is 0 Å². The average Bonchev–Trinajstić information content (AvgIpc) is 3.34. The fourth-order valence-electron chi connectivity index (χ4n) is 9.93. The van der Waals surface area contributed by atoms with E-state index in [1.165, 1.54) is 0 Å². The highest BCUT2D eigenvalue weighted by molar-refractivity contribution is 5.73. The monoisotopic (exact) mass is 1020 g/mol. The molecular formula is C40H74N6O24. The Morgan fingerprint density at radius 3 is 1.31 bits per heavy atom. The second-order valence-electron chi connectivity index (χ2n) is 18.8. The van der Waals surface area contributed by atoms with Crippen molar-refractivity contribution in [3.8, 4) is 0 Å². The van der Waals surface area contributed by atoms with E-state index in [1.54, 1.807) is 6.92 Å². The maximum atomic E-state index is 12.4. The van der Waals surface area contributed by atoms with Crippen LogP contribution in [0, 0.1) is 11.8 Å². The van der Waals surface area contributed by atoms with Crippen LogP contribution in [0.25, 0.3) is 0 Å². The van der Waals surface area contributed by atoms with Crippen LogP contribution in [-0.2, 0) is 52.2 Å². The summed E-state index contributed by atoms with van der Waals surface area (Å²) in [6.45, 7) is -1.68. The number of nitrogens with two attached hydrogens (primary N) is 5. The molecule has 30 nitrogen and oxygen atoms in total. The summed E-state index contributed by atoms with van der Waals surface area (Å²) in [5, 5.41) is 141. The number of hydrogen-bond donors (Lipinski definition) is 19. The zero-order chi connectivity index (χ0) is 51.6. The van der Waals surface area contributed by atoms with Crippen molar-refractivity contribution < 1.29 is 119 Å². The molecule has 0 aliphatic carbocycles. The third-order valence-corrected chi connectivity index (χ3v) is 14.2. The Kier molecular flexibility index (Phi) is 20.4. The van der Waals surface area contributed by atoms with E-state index in [4.69, 9.17) is 76.0 Å². The molecule has 6 aliphatic rings. The molecule has 0 aromatic rings. The molecule has 70 heavy (non-hydrogen) atoms. The Bertz CT molecular complexity index is 1630. The molecule has 0 bridgehead atoms. The lowest BCUT2D eigenvalue weighted by atomic mass is 9.80. The molecule has 30 atom stereocenters. The SMILES string of the molecule is CC(=O)NC1C(OC2C(CO)OC(CC3C(CO)OC(OC4C(CO)OC(OC5C(CO)OC(O)C(N)C5O)C(N)C4O)C(N)C3O)C(N)C2O)OC(CO)C(OC2OC(CO)C(C)C(O)C2N)C1O. The van der Waals surface area contributed by atoms with Gasteiger partial charge in [-0.2, -0.15) is 0 Å². The molecule has 0 aromatic carbocycles. The fourth-order valence-corrected chi connectivity index (χ4v) is 9.93. The van der Waals surface area contributed by atoms with Gasteiger partial charge < -0.3 is 148 Å². The molecule has 0 spiro atoms. The third kappa shape index (κ3) is 11.9. The molecule has 0 radical (unpaired) electrons. The number of carbonyl (C=O) groups is 1. The third-order valence-electron chi connectivity index (χ3n) is 14.2. The molecule has 0 saturated carbocycles. The number of aliphatic hydroxyl groups is 13. The minimum absolute atomic E-state index is 0.270. The summed E-state index contributed by atoms with van der Waals surface area (Å²) in [5.74, 6) is -2.37. The second-order valence-corrected chi connectivity index (χ2v) is 18.8. The van der Waals surface area contributed by atoms with E-state index in [9.17, 15) is 71.2 Å². The van der Waals surface area contributed by atoms with Crippen molar-refractivity contribution in [1.82, 2.24) is 5.32 Å². The van der Waals surface area contributed by atoms with Crippen LogP contribution >= 0.6 is 0 Å². The van der Waals surface area contributed by atoms with Gasteiger partial charge in [-0.3, -0.25) is 4.79 Å². The van der Waals surface area contributed by atoms with Gasteiger partial charge in [-0.05, 0) is 6.42 Å². The van der Waals surface area contributed by atoms with Gasteiger partial charge in [0.05, 0.1) is 100 Å². The van der Waals surface area contributed by atoms with Gasteiger partial charge in [0.2, 0.25) is 5.91 Å². The number of nitrogens with one attached hydrogen (secondary N) is 1. The van der Waals surface area contributed by atoms with Crippen molar-refractivity contribution >= 4 is 5.91 Å². The van der Waals surface area contributed by atoms with Crippen molar-refractivity contribution in [3.05, 3.63) is 0 Å². The Labute approximate surface area is 401 Å². The Balaban J connectivity index is 1.10. The maximum Gasteiger partial charge on any atom is 0.217 e. The molecule has 6 fully saturated rings. The van der Waals surface area contributed by atoms with E-state index in [2.05, 4.69) is 5.32 Å². The molecule has 6 heterocycles. The van der Waals surface area contributed by atoms with E-state index in [-0.39, 0.29) is 6.42 Å². The number of ether oxygens (including phenoxy) is 10. The number of rotatable bonds is 17. The highest BCUT2D eigenvalue weighted by Gasteiger charge is 2.56. The zero-order valence-electron chi connectivity index (χ0n) is 38.5. The highest BCUT2D eigenvalue weighted by atomic mass is 16.8. The molecule has 6 rings (SSSR count). The van der Waals surface area contributed by atoms with Crippen molar-refractivity contribution in [2.75, 3.05) is 39.6 Å². The van der Waals surface area contributed by atoms with Crippen LogP contribution in [0.4, 0.5) is 0 Å². The first-order valence-electron chi connectivity index (χ1n) is 23.2. The van der Waals surface area contributed by atoms with E-state index >= 15 is 0 Å². The summed E-state index contributed by atoms with van der Waals surface area (Å²) < 4.78 is 58.6. The minimum Gasteiger partial charge on any atom is -0.394 e. The van der Waals surface area contributed by atoms with Gasteiger partial charge in [0.1, 0.15) is 79.3 Å². The summed E-state index contributed by atoms with van der Waals surface area (Å²) in [6.07, 6.45) is -32.6. The second kappa shape index (κ2) is 24.8. The lowest BCUT2D eigenvalue weighted by molar-refractivity contribution is -0.348. The first-order valence-corrected chi connectivity index (χ1v) is 23.2. The number of aliphatic hydroxyl groups excluding tert-OH is 13. The molecule has 408 valence electrons. The van der Waals surface area contributed by atoms with Gasteiger partial charge in [-0.15, -0.1) is 0 Å². The standard InChI is InChI=1S/C40H74N6O24/c1-10-14(4-47)63-37(22(43)26(10)54)69-35-19(9-52)66-40(25(31(35)59)46-11(2)53)70-32-16(6-49)61-13(20(41)28(32)56)3-12-15(5-48)64-38(23(44)27(12)55)68-34-18(8-51)65-39(24(45)30(34)58)67-33-17(7-50)62-36(60)21(42)29(33)57/h10,12-40,47-52,54-60H,3-9,41-45H2,1-2H3,(H,46,53). The summed E-state index contributed by atoms with van der Waals surface area (Å²) in [7, 11) is 0. The van der Waals surface area contributed by atoms with E-state index < -0.39 is 229 Å². The van der Waals surface area contributed by atoms with Gasteiger partial charge >= 0.3 is 0 Å². The first-order chi connectivity index (χ1) is 33.2. The quantitative estimate of drug-likeness (QED) is 0.0643. The van der Waals surface area contributed by atoms with E-state index in [0.29, 0.717) is 0 Å². The number of carbonyl (C=O) groups excluding carboxylic acids is 1. The van der Waals surface area contributed by atoms with E-state index in [1.807, 2.05) is 0 Å². The normalized spacial score (nSPS) is 51.5. The fraction of sp³-hybridized carbons (Fsp3) is 0.975. The average molecular weight is 1020 g/mol. The van der Waals surface area contributed by atoms with Gasteiger partial charge in [-0.25, -0.2) is 0 Å². The predicted molar refractivity (Wildman–Crippen MR) is 227 cm³/mol. The molecule has 6 aliphatic heterocycles. The number of hydrogen-bond acceptors (Lipinski definition) is 29. The van der Waals surface area contributed by atoms with Crippen molar-refractivity contribution in [2.45, 2.75) is 192 Å². The van der Waals surface area contributed by atoms with E-state index in [0.717, 1.165) is 6.92 Å². The van der Waals surface area contributed by atoms with Gasteiger partial charge in [0.15, 0.2) is 31.5 Å². The van der Waals surface area contributed by atoms with Crippen molar-refractivity contribution in [1.29, 1.82) is 0 Å². The largest absolute Gasteiger partial charge is 0.394 e. The molecule has 24 N–H and O–H groups in total. The van der Waals surface area contributed by atoms with Crippen LogP contribution in [0.1, 0.15) is 20.3 Å². The molecule has 30 unspecified atom stereocenters. The number of amides is 1. The lowest BCUT2D eigenvalue weighted by Gasteiger charge is -2.51. The molecule has 30 heteroatoms. The summed E-state index contributed by atoms with van der Waals surface area (Å²) in [5.41, 5.74) is 31.2. The highest BCUT2D eigenvalue weighted by Crippen LogP contribution is 2.38. The molecular weight excluding hydrogens is 948 g/mol. The van der Waals surface area contributed by atoms with Crippen molar-refractivity contribution in [2.24, 2.45) is 40.5 Å². The van der Waals surface area contributed by atoms with Crippen molar-refractivity contribution in [3.63, 3.8) is 0 Å². The van der Waals surface area contributed by atoms with Crippen LogP contribution in [0.15, 0.2) is 0 Å². The van der Waals surface area contributed by atoms with Gasteiger partial charge in [0, 0.05) is 18.8 Å².